The number of non-ortho nitro benzene ring substituents is 1. The average molecular weight is 432 g/mol. The predicted octanol–water partition coefficient (Wildman–Crippen LogP) is 3.04. The minimum Gasteiger partial charge on any atom is -0.395 e. The summed E-state index contributed by atoms with van der Waals surface area (Å²) < 4.78 is 64.3. The normalized spacial score (nSPS) is 20.7. The van der Waals surface area contributed by atoms with Gasteiger partial charge in [-0.1, -0.05) is 16.6 Å². The summed E-state index contributed by atoms with van der Waals surface area (Å²) in [7, 11) is -4.27. The monoisotopic (exact) mass is 432 g/mol. The van der Waals surface area contributed by atoms with Crippen LogP contribution in [0.1, 0.15) is 23.7 Å². The molecule has 0 spiro atoms. The van der Waals surface area contributed by atoms with Crippen molar-refractivity contribution in [1.29, 1.82) is 0 Å². The highest BCUT2D eigenvalue weighted by molar-refractivity contribution is 7.89. The Hall–Kier alpha value is -2.54. The Balaban J connectivity index is 1.85. The van der Waals surface area contributed by atoms with Crippen LogP contribution in [0.15, 0.2) is 53.4 Å². The summed E-state index contributed by atoms with van der Waals surface area (Å²) in [6.45, 7) is -0.580. The van der Waals surface area contributed by atoms with Crippen LogP contribution >= 0.6 is 0 Å². The molecule has 3 rings (SSSR count). The first-order valence-corrected chi connectivity index (χ1v) is 9.71. The van der Waals surface area contributed by atoms with E-state index in [4.69, 9.17) is 4.84 Å². The highest BCUT2D eigenvalue weighted by Gasteiger charge is 2.42. The van der Waals surface area contributed by atoms with Crippen LogP contribution < -0.4 is 0 Å². The molecule has 1 aliphatic rings. The number of alkyl halides is 3. The summed E-state index contributed by atoms with van der Waals surface area (Å²) >= 11 is 0. The van der Waals surface area contributed by atoms with Crippen LogP contribution in [0, 0.1) is 10.1 Å². The van der Waals surface area contributed by atoms with Gasteiger partial charge in [-0.3, -0.25) is 15.0 Å². The van der Waals surface area contributed by atoms with E-state index >= 15 is 0 Å². The predicted molar refractivity (Wildman–Crippen MR) is 92.9 cm³/mol. The maximum absolute atomic E-state index is 12.8. The molecule has 1 aliphatic heterocycles. The zero-order valence-corrected chi connectivity index (χ0v) is 15.4. The van der Waals surface area contributed by atoms with E-state index in [1.807, 2.05) is 0 Å². The number of benzene rings is 2. The second-order valence-electron chi connectivity index (χ2n) is 6.30. The van der Waals surface area contributed by atoms with Crippen molar-refractivity contribution in [3.63, 3.8) is 0 Å². The van der Waals surface area contributed by atoms with Crippen LogP contribution in [0.2, 0.25) is 0 Å². The maximum Gasteiger partial charge on any atom is 0.416 e. The van der Waals surface area contributed by atoms with E-state index in [-0.39, 0.29) is 17.0 Å². The number of aliphatic hydroxyl groups is 1. The zero-order chi connectivity index (χ0) is 21.4. The van der Waals surface area contributed by atoms with Crippen molar-refractivity contribution in [2.45, 2.75) is 29.6 Å². The van der Waals surface area contributed by atoms with E-state index in [1.165, 1.54) is 12.1 Å². The topological polar surface area (TPSA) is 110 Å². The van der Waals surface area contributed by atoms with Gasteiger partial charge in [-0.25, -0.2) is 8.42 Å². The molecule has 1 saturated heterocycles. The molecule has 1 heterocycles. The number of aliphatic hydroxyl groups excluding tert-OH is 1. The van der Waals surface area contributed by atoms with Crippen LogP contribution in [-0.4, -0.2) is 35.6 Å². The first-order valence-electron chi connectivity index (χ1n) is 8.27. The quantitative estimate of drug-likeness (QED) is 0.575. The van der Waals surface area contributed by atoms with Crippen LogP contribution in [0.5, 0.6) is 0 Å². The average Bonchev–Trinajstić information content (AvgIpc) is 3.13. The van der Waals surface area contributed by atoms with Crippen molar-refractivity contribution in [3.05, 3.63) is 69.8 Å². The van der Waals surface area contributed by atoms with Gasteiger partial charge in [0.1, 0.15) is 6.10 Å². The Morgan fingerprint density at radius 1 is 1.14 bits per heavy atom. The molecule has 1 fully saturated rings. The van der Waals surface area contributed by atoms with Gasteiger partial charge in [-0.15, -0.1) is 0 Å². The zero-order valence-electron chi connectivity index (χ0n) is 14.6. The summed E-state index contributed by atoms with van der Waals surface area (Å²) in [5, 5.41) is 20.3. The van der Waals surface area contributed by atoms with E-state index in [0.717, 1.165) is 36.4 Å². The summed E-state index contributed by atoms with van der Waals surface area (Å²) in [4.78, 5) is 15.2. The molecule has 1 N–H and O–H groups in total. The molecule has 29 heavy (non-hydrogen) atoms. The molecule has 156 valence electrons. The third kappa shape index (κ3) is 4.24. The van der Waals surface area contributed by atoms with Gasteiger partial charge in [-0.2, -0.15) is 13.2 Å². The molecule has 12 heteroatoms. The molecule has 0 amide bonds. The number of hydroxylamine groups is 1. The highest BCUT2D eigenvalue weighted by Crippen LogP contribution is 2.38. The summed E-state index contributed by atoms with van der Waals surface area (Å²) in [5.41, 5.74) is -0.834. The van der Waals surface area contributed by atoms with E-state index < -0.39 is 45.4 Å². The first-order chi connectivity index (χ1) is 13.5. The molecule has 0 bridgehead atoms. The summed E-state index contributed by atoms with van der Waals surface area (Å²) in [6, 6.07) is 7.23. The number of halogens is 3. The molecule has 0 saturated carbocycles. The van der Waals surface area contributed by atoms with Gasteiger partial charge in [0.05, 0.1) is 28.0 Å². The minimum absolute atomic E-state index is 0.0219. The number of hydrogen-bond donors (Lipinski definition) is 1. The minimum atomic E-state index is -4.51. The van der Waals surface area contributed by atoms with Crippen LogP contribution in [0.4, 0.5) is 18.9 Å². The molecule has 0 radical (unpaired) electrons. The number of nitro groups is 1. The molecule has 2 atom stereocenters. The van der Waals surface area contributed by atoms with Crippen LogP contribution in [0.3, 0.4) is 0 Å². The lowest BCUT2D eigenvalue weighted by atomic mass is 10.0. The van der Waals surface area contributed by atoms with Crippen molar-refractivity contribution in [1.82, 2.24) is 4.47 Å². The Bertz CT molecular complexity index is 993. The molecule has 0 aliphatic carbocycles. The Kier molecular flexibility index (Phi) is 5.63. The van der Waals surface area contributed by atoms with Crippen molar-refractivity contribution >= 4 is 15.7 Å². The molecular weight excluding hydrogens is 417 g/mol. The van der Waals surface area contributed by atoms with Gasteiger partial charge < -0.3 is 5.11 Å². The number of sulfonamides is 1. The Morgan fingerprint density at radius 2 is 1.72 bits per heavy atom. The summed E-state index contributed by atoms with van der Waals surface area (Å²) in [6.07, 6.45) is -5.37. The third-order valence-corrected chi connectivity index (χ3v) is 6.14. The Labute approximate surface area is 163 Å². The Morgan fingerprint density at radius 3 is 2.21 bits per heavy atom. The molecular formula is C17H15F3N2O6S. The van der Waals surface area contributed by atoms with Gasteiger partial charge in [0.15, 0.2) is 0 Å². The molecule has 2 aromatic carbocycles. The molecule has 2 aromatic rings. The molecule has 0 aromatic heterocycles. The van der Waals surface area contributed by atoms with Crippen LogP contribution in [-0.2, 0) is 21.0 Å². The van der Waals surface area contributed by atoms with Gasteiger partial charge in [0.25, 0.3) is 15.7 Å². The van der Waals surface area contributed by atoms with Gasteiger partial charge in [-0.05, 0) is 29.8 Å². The lowest BCUT2D eigenvalue weighted by Crippen LogP contribution is -2.36. The number of hydrogen-bond acceptors (Lipinski definition) is 6. The van der Waals surface area contributed by atoms with E-state index in [1.54, 1.807) is 0 Å². The van der Waals surface area contributed by atoms with Crippen molar-refractivity contribution < 1.29 is 36.5 Å². The largest absolute Gasteiger partial charge is 0.416 e. The fourth-order valence-electron chi connectivity index (χ4n) is 2.91. The van der Waals surface area contributed by atoms with Crippen LogP contribution in [0.25, 0.3) is 0 Å². The number of nitro benzene ring substituents is 1. The van der Waals surface area contributed by atoms with Gasteiger partial charge in [0.2, 0.25) is 0 Å². The van der Waals surface area contributed by atoms with E-state index in [0.29, 0.717) is 10.0 Å². The first kappa shape index (κ1) is 21.2. The highest BCUT2D eigenvalue weighted by atomic mass is 32.2. The van der Waals surface area contributed by atoms with Crippen molar-refractivity contribution in [2.24, 2.45) is 0 Å². The fraction of sp³-hybridized carbons (Fsp3) is 0.294. The molecule has 8 nitrogen and oxygen atoms in total. The SMILES string of the molecule is O=[N+]([O-])c1ccc(S(=O)(=O)N2O[C@H](c3ccc(C(F)(F)F)cc3)C[C@@H]2CO)cc1. The maximum atomic E-state index is 12.8. The standard InChI is InChI=1S/C17H15F3N2O6S/c18-17(19,20)12-3-1-11(2-4-12)16-9-14(10-23)22(28-16)29(26,27)15-7-5-13(6-8-15)21(24)25/h1-8,14,16,23H,9-10H2/t14-,16+/m1/s1. The lowest BCUT2D eigenvalue weighted by molar-refractivity contribution is -0.384. The van der Waals surface area contributed by atoms with Crippen molar-refractivity contribution in [2.75, 3.05) is 6.61 Å². The second kappa shape index (κ2) is 7.71. The third-order valence-electron chi connectivity index (χ3n) is 4.42. The van der Waals surface area contributed by atoms with Crippen molar-refractivity contribution in [3.8, 4) is 0 Å². The smallest absolute Gasteiger partial charge is 0.395 e. The van der Waals surface area contributed by atoms with Gasteiger partial charge >= 0.3 is 6.18 Å². The second-order valence-corrected chi connectivity index (χ2v) is 8.08. The molecule has 0 unspecified atom stereocenters. The van der Waals surface area contributed by atoms with E-state index in [9.17, 15) is 36.8 Å². The lowest BCUT2D eigenvalue weighted by Gasteiger charge is -2.21. The van der Waals surface area contributed by atoms with E-state index in [2.05, 4.69) is 0 Å². The number of nitrogens with zero attached hydrogens (tertiary/aromatic N) is 2. The fourth-order valence-corrected chi connectivity index (χ4v) is 4.36. The van der Waals surface area contributed by atoms with Gasteiger partial charge in [0, 0.05) is 18.6 Å². The summed E-state index contributed by atoms with van der Waals surface area (Å²) in [5.74, 6) is 0. The number of rotatable bonds is 5.